The van der Waals surface area contributed by atoms with Gasteiger partial charge in [0.2, 0.25) is 0 Å². The Balaban J connectivity index is 1.56. The van der Waals surface area contributed by atoms with Gasteiger partial charge in [0.25, 0.3) is 0 Å². The smallest absolute Gasteiger partial charge is 0.345 e. The molecule has 1 unspecified atom stereocenters. The van der Waals surface area contributed by atoms with Crippen molar-refractivity contribution in [3.05, 3.63) is 76.4 Å². The quantitative estimate of drug-likeness (QED) is 0.406. The van der Waals surface area contributed by atoms with Gasteiger partial charge >= 0.3 is 5.91 Å². The van der Waals surface area contributed by atoms with Gasteiger partial charge in [-0.3, -0.25) is 4.48 Å². The molecule has 178 valence electrons. The Bertz CT molecular complexity index is 1210. The highest BCUT2D eigenvalue weighted by Crippen LogP contribution is 2.35. The highest BCUT2D eigenvalue weighted by Gasteiger charge is 2.34. The lowest BCUT2D eigenvalue weighted by molar-refractivity contribution is -0.830. The maximum Gasteiger partial charge on any atom is 0.345 e. The predicted octanol–water partition coefficient (Wildman–Crippen LogP) is 4.59. The summed E-state index contributed by atoms with van der Waals surface area (Å²) in [5.41, 5.74) is 8.01. The number of nitrogens with two attached hydrogens (primary N) is 1. The Hall–Kier alpha value is -3.07. The monoisotopic (exact) mass is 487 g/mol. The van der Waals surface area contributed by atoms with E-state index in [1.54, 1.807) is 31.3 Å². The zero-order valence-electron chi connectivity index (χ0n) is 18.9. The maximum atomic E-state index is 14.3. The molecule has 1 fully saturated rings. The number of carbonyl (C=O) groups is 1. The van der Waals surface area contributed by atoms with Crippen LogP contribution in [0.1, 0.15) is 28.9 Å². The van der Waals surface area contributed by atoms with Crippen molar-refractivity contribution in [1.82, 2.24) is 10.3 Å². The van der Waals surface area contributed by atoms with Crippen molar-refractivity contribution >= 4 is 23.3 Å². The Morgan fingerprint density at radius 1 is 1.12 bits per heavy atom. The average molecular weight is 488 g/mol. The van der Waals surface area contributed by atoms with E-state index < -0.39 is 17.7 Å². The second kappa shape index (κ2) is 9.66. The van der Waals surface area contributed by atoms with Gasteiger partial charge in [-0.2, -0.15) is 0 Å². The van der Waals surface area contributed by atoms with Gasteiger partial charge in [-0.05, 0) is 42.8 Å². The van der Waals surface area contributed by atoms with E-state index in [1.165, 1.54) is 0 Å². The molecule has 0 aliphatic carbocycles. The van der Waals surface area contributed by atoms with E-state index in [1.807, 2.05) is 19.2 Å². The zero-order valence-corrected chi connectivity index (χ0v) is 19.7. The van der Waals surface area contributed by atoms with Crippen LogP contribution in [0, 0.1) is 11.6 Å². The third-order valence-electron chi connectivity index (χ3n) is 6.19. The number of hydrogen-bond donors (Lipinski definition) is 2. The van der Waals surface area contributed by atoms with Crippen LogP contribution in [0.3, 0.4) is 0 Å². The Kier molecular flexibility index (Phi) is 6.84. The van der Waals surface area contributed by atoms with Crippen LogP contribution in [0.15, 0.2) is 48.7 Å². The molecule has 6 nitrogen and oxygen atoms in total. The molecule has 0 bridgehead atoms. The Morgan fingerprint density at radius 2 is 1.76 bits per heavy atom. The van der Waals surface area contributed by atoms with Crippen molar-refractivity contribution in [2.24, 2.45) is 0 Å². The first-order valence-corrected chi connectivity index (χ1v) is 11.3. The summed E-state index contributed by atoms with van der Waals surface area (Å²) in [6, 6.07) is 10.9. The molecule has 3 N–H and O–H groups in total. The maximum absolute atomic E-state index is 14.3. The van der Waals surface area contributed by atoms with Crippen molar-refractivity contribution in [3.63, 3.8) is 0 Å². The number of carbonyl (C=O) groups excluding carboxylic acids is 1. The van der Waals surface area contributed by atoms with Crippen LogP contribution < -0.4 is 15.8 Å². The summed E-state index contributed by atoms with van der Waals surface area (Å²) < 4.78 is 34.3. The molecule has 4 rings (SSSR count). The molecule has 0 radical (unpaired) electrons. The van der Waals surface area contributed by atoms with Gasteiger partial charge in [-0.25, -0.2) is 18.6 Å². The topological polar surface area (TPSA) is 77.2 Å². The molecule has 2 heterocycles. The molecule has 34 heavy (non-hydrogen) atoms. The van der Waals surface area contributed by atoms with Crippen molar-refractivity contribution in [1.29, 1.82) is 0 Å². The number of nitrogen functional groups attached to an aromatic ring is 1. The van der Waals surface area contributed by atoms with Crippen LogP contribution in [0.25, 0.3) is 11.1 Å². The largest absolute Gasteiger partial charge is 0.482 e. The number of anilines is 1. The van der Waals surface area contributed by atoms with Crippen LogP contribution in [0.4, 0.5) is 14.6 Å². The minimum absolute atomic E-state index is 0.0790. The number of benzene rings is 2. The summed E-state index contributed by atoms with van der Waals surface area (Å²) in [5, 5.41) is 2.94. The number of nitrogens with one attached hydrogen (secondary N) is 1. The van der Waals surface area contributed by atoms with Gasteiger partial charge < -0.3 is 15.8 Å². The Morgan fingerprint density at radius 3 is 2.44 bits per heavy atom. The van der Waals surface area contributed by atoms with E-state index >= 15 is 0 Å². The second-order valence-electron chi connectivity index (χ2n) is 8.60. The fraction of sp³-hybridized carbons (Fsp3) is 0.280. The van der Waals surface area contributed by atoms with Crippen LogP contribution in [0.5, 0.6) is 5.75 Å². The molecule has 1 aliphatic heterocycles. The van der Waals surface area contributed by atoms with Crippen LogP contribution in [-0.2, 0) is 0 Å². The second-order valence-corrected chi connectivity index (χ2v) is 8.98. The van der Waals surface area contributed by atoms with Crippen LogP contribution >= 0.6 is 11.6 Å². The summed E-state index contributed by atoms with van der Waals surface area (Å²) >= 11 is 5.96. The first-order chi connectivity index (χ1) is 16.2. The normalized spacial score (nSPS) is 16.1. The average Bonchev–Trinajstić information content (AvgIpc) is 2.83. The summed E-state index contributed by atoms with van der Waals surface area (Å²) in [6.45, 7) is 4.66. The number of aromatic nitrogens is 1. The molecular weight excluding hydrogens is 462 g/mol. The molecule has 1 atom stereocenters. The van der Waals surface area contributed by atoms with E-state index in [9.17, 15) is 13.6 Å². The molecule has 1 aliphatic rings. The predicted molar refractivity (Wildman–Crippen MR) is 128 cm³/mol. The number of amides is 1. The molecular formula is C25H26ClF2N4O2+. The first-order valence-electron chi connectivity index (χ1n) is 11.0. The minimum Gasteiger partial charge on any atom is -0.482 e. The van der Waals surface area contributed by atoms with Gasteiger partial charge in [0.1, 0.15) is 17.7 Å². The molecule has 2 aromatic carbocycles. The molecule has 9 heteroatoms. The standard InChI is InChI=1S/C25H25ClF2N4O2/c1-15(22-19(27)7-8-20(28)23(22)26)34-21-13-18(14-31-24(21)29)16-3-5-17(6-4-16)25(33)32(2)11-9-30-10-12-32/h3-8,13-15,30H,9-12H2,1-2H3,(H-,29,31,33)/p+1. The van der Waals surface area contributed by atoms with E-state index in [4.69, 9.17) is 22.1 Å². The highest BCUT2D eigenvalue weighted by atomic mass is 35.5. The van der Waals surface area contributed by atoms with E-state index in [0.29, 0.717) is 15.6 Å². The van der Waals surface area contributed by atoms with Crippen molar-refractivity contribution < 1.29 is 22.8 Å². The number of nitrogens with zero attached hydrogens (tertiary/aromatic N) is 2. The van der Waals surface area contributed by atoms with E-state index in [2.05, 4.69) is 10.3 Å². The molecule has 3 aromatic rings. The summed E-state index contributed by atoms with van der Waals surface area (Å²) in [5.74, 6) is -1.02. The fourth-order valence-corrected chi connectivity index (χ4v) is 4.39. The third kappa shape index (κ3) is 4.75. The fourth-order valence-electron chi connectivity index (χ4n) is 4.08. The lowest BCUT2D eigenvalue weighted by Gasteiger charge is -2.35. The summed E-state index contributed by atoms with van der Waals surface area (Å²) in [4.78, 5) is 17.2. The number of quaternary nitrogens is 1. The minimum atomic E-state index is -0.911. The van der Waals surface area contributed by atoms with Gasteiger partial charge in [-0.15, -0.1) is 0 Å². The van der Waals surface area contributed by atoms with E-state index in [0.717, 1.165) is 43.9 Å². The van der Waals surface area contributed by atoms with Crippen LogP contribution in [-0.4, -0.2) is 48.6 Å². The van der Waals surface area contributed by atoms with Gasteiger partial charge in [0.15, 0.2) is 11.6 Å². The first kappa shape index (κ1) is 24.1. The summed E-state index contributed by atoms with van der Waals surface area (Å²) in [6.07, 6.45) is 0.676. The van der Waals surface area contributed by atoms with E-state index in [-0.39, 0.29) is 28.1 Å². The molecule has 0 spiro atoms. The van der Waals surface area contributed by atoms with Crippen molar-refractivity contribution in [3.8, 4) is 16.9 Å². The third-order valence-corrected chi connectivity index (χ3v) is 6.58. The molecule has 1 aromatic heterocycles. The summed E-state index contributed by atoms with van der Waals surface area (Å²) in [7, 11) is 1.96. The van der Waals surface area contributed by atoms with Gasteiger partial charge in [-0.1, -0.05) is 23.7 Å². The SMILES string of the molecule is CC(Oc1cc(-c2ccc(C(=O)[N+]3(C)CCNCC3)cc2)cnc1N)c1c(F)ccc(F)c1Cl. The Labute approximate surface area is 201 Å². The number of ether oxygens (including phenoxy) is 1. The van der Waals surface area contributed by atoms with Gasteiger partial charge in [0, 0.05) is 30.4 Å². The number of hydrogen-bond acceptors (Lipinski definition) is 5. The molecule has 1 amide bonds. The van der Waals surface area contributed by atoms with Crippen molar-refractivity contribution in [2.75, 3.05) is 39.0 Å². The number of halogens is 3. The van der Waals surface area contributed by atoms with Crippen molar-refractivity contribution in [2.45, 2.75) is 13.0 Å². The lowest BCUT2D eigenvalue weighted by atomic mass is 10.0. The lowest BCUT2D eigenvalue weighted by Crippen LogP contribution is -2.59. The highest BCUT2D eigenvalue weighted by molar-refractivity contribution is 6.31. The molecule has 1 saturated heterocycles. The number of piperazine rings is 1. The van der Waals surface area contributed by atoms with Crippen LogP contribution in [0.2, 0.25) is 5.02 Å². The molecule has 0 saturated carbocycles. The van der Waals surface area contributed by atoms with Gasteiger partial charge in [0.05, 0.1) is 30.7 Å². The number of likely N-dealkylation sites (N-methyl/N-ethyl adjacent to an activating group) is 1. The zero-order chi connectivity index (χ0) is 24.5. The number of pyridine rings is 1. The number of rotatable bonds is 5.